The molecule has 0 saturated heterocycles. The Bertz CT molecular complexity index is 131. The van der Waals surface area contributed by atoms with Gasteiger partial charge in [-0.1, -0.05) is 13.3 Å². The number of likely N-dealkylation sites (N-methyl/N-ethyl adjacent to an activating group) is 1. The molecule has 0 heterocycles. The van der Waals surface area contributed by atoms with Crippen LogP contribution in [0.3, 0.4) is 0 Å². The van der Waals surface area contributed by atoms with Crippen LogP contribution in [0.2, 0.25) is 0 Å². The van der Waals surface area contributed by atoms with E-state index >= 15 is 0 Å². The van der Waals surface area contributed by atoms with Crippen LogP contribution in [0.15, 0.2) is 0 Å². The van der Waals surface area contributed by atoms with Crippen molar-refractivity contribution < 1.29 is 4.74 Å². The van der Waals surface area contributed by atoms with Crippen LogP contribution < -0.4 is 5.32 Å². The lowest BCUT2D eigenvalue weighted by Gasteiger charge is -2.16. The van der Waals surface area contributed by atoms with Gasteiger partial charge in [-0.25, -0.2) is 0 Å². The second-order valence-electron chi connectivity index (χ2n) is 4.31. The number of rotatable bonds is 12. The summed E-state index contributed by atoms with van der Waals surface area (Å²) in [6.07, 6.45) is 4.99. The molecule has 0 fully saturated rings. The van der Waals surface area contributed by atoms with Crippen molar-refractivity contribution in [3.63, 3.8) is 0 Å². The van der Waals surface area contributed by atoms with Crippen molar-refractivity contribution in [2.45, 2.75) is 39.5 Å². The molecule has 0 aromatic carbocycles. The molecule has 0 rings (SSSR count). The van der Waals surface area contributed by atoms with E-state index in [-0.39, 0.29) is 0 Å². The fourth-order valence-electron chi connectivity index (χ4n) is 1.53. The van der Waals surface area contributed by atoms with E-state index in [2.05, 4.69) is 24.2 Å². The number of ether oxygens (including phenoxy) is 1. The molecule has 3 heteroatoms. The average Bonchev–Trinajstić information content (AvgIpc) is 2.30. The van der Waals surface area contributed by atoms with Gasteiger partial charge in [-0.3, -0.25) is 0 Å². The van der Waals surface area contributed by atoms with Gasteiger partial charge < -0.3 is 15.0 Å². The summed E-state index contributed by atoms with van der Waals surface area (Å²) in [7, 11) is 2.20. The quantitative estimate of drug-likeness (QED) is 0.520. The highest BCUT2D eigenvalue weighted by Gasteiger charge is 1.96. The van der Waals surface area contributed by atoms with Crippen molar-refractivity contribution in [2.75, 3.05) is 46.4 Å². The van der Waals surface area contributed by atoms with Gasteiger partial charge in [0, 0.05) is 26.3 Å². The van der Waals surface area contributed by atoms with Crippen LogP contribution in [0, 0.1) is 0 Å². The summed E-state index contributed by atoms with van der Waals surface area (Å²) in [6, 6.07) is 0. The molecule has 0 aromatic heterocycles. The van der Waals surface area contributed by atoms with Crippen LogP contribution >= 0.6 is 0 Å². The van der Waals surface area contributed by atoms with Gasteiger partial charge in [0.05, 0.1) is 0 Å². The lowest BCUT2D eigenvalue weighted by atomic mass is 10.3. The number of nitrogens with one attached hydrogen (secondary N) is 1. The summed E-state index contributed by atoms with van der Waals surface area (Å²) >= 11 is 0. The molecule has 0 unspecified atom stereocenters. The second kappa shape index (κ2) is 12.9. The molecule has 0 aromatic rings. The van der Waals surface area contributed by atoms with Crippen molar-refractivity contribution in [1.82, 2.24) is 10.2 Å². The van der Waals surface area contributed by atoms with Gasteiger partial charge in [0.15, 0.2) is 0 Å². The van der Waals surface area contributed by atoms with E-state index in [9.17, 15) is 0 Å². The highest BCUT2D eigenvalue weighted by Crippen LogP contribution is 1.91. The van der Waals surface area contributed by atoms with Crippen molar-refractivity contribution in [1.29, 1.82) is 0 Å². The maximum atomic E-state index is 5.29. The van der Waals surface area contributed by atoms with Gasteiger partial charge in [0.2, 0.25) is 0 Å². The Morgan fingerprint density at radius 3 is 2.50 bits per heavy atom. The number of nitrogens with zero attached hydrogens (tertiary/aromatic N) is 1. The van der Waals surface area contributed by atoms with Gasteiger partial charge in [0.1, 0.15) is 0 Å². The molecule has 1 N–H and O–H groups in total. The second-order valence-corrected chi connectivity index (χ2v) is 4.31. The first-order valence-corrected chi connectivity index (χ1v) is 6.78. The summed E-state index contributed by atoms with van der Waals surface area (Å²) in [6.45, 7) is 10.6. The largest absolute Gasteiger partial charge is 0.382 e. The Morgan fingerprint density at radius 2 is 1.81 bits per heavy atom. The zero-order chi connectivity index (χ0) is 12.1. The van der Waals surface area contributed by atoms with Gasteiger partial charge in [0.25, 0.3) is 0 Å². The molecule has 3 nitrogen and oxygen atoms in total. The molecule has 0 saturated carbocycles. The molecule has 0 aliphatic carbocycles. The zero-order valence-electron chi connectivity index (χ0n) is 11.4. The molecular formula is C13H30N2O. The first-order chi connectivity index (χ1) is 7.81. The van der Waals surface area contributed by atoms with E-state index in [1.54, 1.807) is 0 Å². The SMILES string of the molecule is CCCCN(C)CCNCCCCOCC. The third kappa shape index (κ3) is 12.0. The fourth-order valence-corrected chi connectivity index (χ4v) is 1.53. The third-order valence-electron chi connectivity index (χ3n) is 2.66. The summed E-state index contributed by atoms with van der Waals surface area (Å²) in [5.41, 5.74) is 0. The van der Waals surface area contributed by atoms with Crippen LogP contribution in [0.1, 0.15) is 39.5 Å². The zero-order valence-corrected chi connectivity index (χ0v) is 11.4. The Kier molecular flexibility index (Phi) is 12.9. The van der Waals surface area contributed by atoms with Crippen molar-refractivity contribution in [3.05, 3.63) is 0 Å². The normalized spacial score (nSPS) is 11.2. The Morgan fingerprint density at radius 1 is 1.00 bits per heavy atom. The van der Waals surface area contributed by atoms with E-state index in [0.29, 0.717) is 0 Å². The standard InChI is InChI=1S/C13H30N2O/c1-4-6-11-15(3)12-10-14-9-7-8-13-16-5-2/h14H,4-13H2,1-3H3. The molecule has 0 radical (unpaired) electrons. The first kappa shape index (κ1) is 15.9. The van der Waals surface area contributed by atoms with Crippen molar-refractivity contribution in [2.24, 2.45) is 0 Å². The van der Waals surface area contributed by atoms with Crippen LogP contribution in [-0.4, -0.2) is 51.3 Å². The molecular weight excluding hydrogens is 200 g/mol. The third-order valence-corrected chi connectivity index (χ3v) is 2.66. The maximum Gasteiger partial charge on any atom is 0.0466 e. The maximum absolute atomic E-state index is 5.29. The molecule has 0 spiro atoms. The molecule has 98 valence electrons. The van der Waals surface area contributed by atoms with Crippen LogP contribution in [0.25, 0.3) is 0 Å². The summed E-state index contributed by atoms with van der Waals surface area (Å²) in [5.74, 6) is 0. The minimum atomic E-state index is 0.843. The monoisotopic (exact) mass is 230 g/mol. The molecule has 0 aliphatic rings. The smallest absolute Gasteiger partial charge is 0.0466 e. The fraction of sp³-hybridized carbons (Fsp3) is 1.00. The highest BCUT2D eigenvalue weighted by atomic mass is 16.5. The minimum absolute atomic E-state index is 0.843. The van der Waals surface area contributed by atoms with Gasteiger partial charge in [-0.2, -0.15) is 0 Å². The van der Waals surface area contributed by atoms with Crippen LogP contribution in [0.4, 0.5) is 0 Å². The molecule has 0 bridgehead atoms. The Hall–Kier alpha value is -0.120. The lowest BCUT2D eigenvalue weighted by Crippen LogP contribution is -2.30. The van der Waals surface area contributed by atoms with Crippen LogP contribution in [-0.2, 0) is 4.74 Å². The summed E-state index contributed by atoms with van der Waals surface area (Å²) < 4.78 is 5.29. The van der Waals surface area contributed by atoms with E-state index in [0.717, 1.165) is 32.8 Å². The molecule has 0 aliphatic heterocycles. The van der Waals surface area contributed by atoms with Gasteiger partial charge in [-0.05, 0) is 46.3 Å². The van der Waals surface area contributed by atoms with E-state index in [1.165, 1.54) is 32.2 Å². The number of hydrogen-bond donors (Lipinski definition) is 1. The number of unbranched alkanes of at least 4 members (excludes halogenated alkanes) is 2. The molecule has 0 atom stereocenters. The molecule has 16 heavy (non-hydrogen) atoms. The predicted molar refractivity (Wildman–Crippen MR) is 71.0 cm³/mol. The summed E-state index contributed by atoms with van der Waals surface area (Å²) in [5, 5.41) is 3.47. The van der Waals surface area contributed by atoms with Crippen molar-refractivity contribution in [3.8, 4) is 0 Å². The van der Waals surface area contributed by atoms with E-state index in [4.69, 9.17) is 4.74 Å². The lowest BCUT2D eigenvalue weighted by molar-refractivity contribution is 0.143. The average molecular weight is 230 g/mol. The van der Waals surface area contributed by atoms with Crippen molar-refractivity contribution >= 4 is 0 Å². The Balaban J connectivity index is 3.02. The highest BCUT2D eigenvalue weighted by molar-refractivity contribution is 4.55. The summed E-state index contributed by atoms with van der Waals surface area (Å²) in [4.78, 5) is 2.40. The molecule has 0 amide bonds. The van der Waals surface area contributed by atoms with Gasteiger partial charge >= 0.3 is 0 Å². The minimum Gasteiger partial charge on any atom is -0.382 e. The topological polar surface area (TPSA) is 24.5 Å². The first-order valence-electron chi connectivity index (χ1n) is 6.78. The predicted octanol–water partition coefficient (Wildman–Crippen LogP) is 2.12. The van der Waals surface area contributed by atoms with E-state index < -0.39 is 0 Å². The number of hydrogen-bond acceptors (Lipinski definition) is 3. The van der Waals surface area contributed by atoms with Gasteiger partial charge in [-0.15, -0.1) is 0 Å². The van der Waals surface area contributed by atoms with E-state index in [1.807, 2.05) is 6.92 Å². The van der Waals surface area contributed by atoms with Crippen LogP contribution in [0.5, 0.6) is 0 Å². The Labute approximate surface area is 102 Å².